The Morgan fingerprint density at radius 1 is 2.00 bits per heavy atom. The van der Waals surface area contributed by atoms with Gasteiger partial charge in [0.1, 0.15) is 0 Å². The van der Waals surface area contributed by atoms with Gasteiger partial charge in [0.05, 0.1) is 13.5 Å². The molecule has 0 aromatic heterocycles. The molecule has 0 aliphatic carbocycles. The Morgan fingerprint density at radius 3 is 2.71 bits per heavy atom. The highest BCUT2D eigenvalue weighted by atomic mass is 16.5. The van der Waals surface area contributed by atoms with Gasteiger partial charge >= 0.3 is 5.97 Å². The maximum Gasteiger partial charge on any atom is 0.310 e. The van der Waals surface area contributed by atoms with Crippen LogP contribution in [-0.4, -0.2) is 19.6 Å². The van der Waals surface area contributed by atoms with Gasteiger partial charge < -0.3 is 10.5 Å². The van der Waals surface area contributed by atoms with Crippen molar-refractivity contribution in [2.45, 2.75) is 0 Å². The summed E-state index contributed by atoms with van der Waals surface area (Å²) in [5.74, 6) is -0.373. The second-order valence-corrected chi connectivity index (χ2v) is 0.963. The number of carbonyl (C=O) groups is 1. The van der Waals surface area contributed by atoms with Gasteiger partial charge in [0, 0.05) is 6.54 Å². The van der Waals surface area contributed by atoms with Gasteiger partial charge in [-0.3, -0.25) is 4.79 Å². The molecule has 0 atom stereocenters. The average Bonchev–Trinajstić information content (AvgIpc) is 1.68. The number of hydrogen-bond donors (Lipinski definition) is 1. The van der Waals surface area contributed by atoms with E-state index >= 15 is 0 Å². The lowest BCUT2D eigenvalue weighted by Gasteiger charge is -1.90. The lowest BCUT2D eigenvalue weighted by molar-refractivity contribution is -0.136. The number of ether oxygens (including phenoxy) is 1. The van der Waals surface area contributed by atoms with Crippen LogP contribution in [0.25, 0.3) is 0 Å². The first kappa shape index (κ1) is 6.43. The molecule has 0 fully saturated rings. The van der Waals surface area contributed by atoms with E-state index in [-0.39, 0.29) is 12.5 Å². The molecule has 0 rings (SSSR count). The third-order valence-corrected chi connectivity index (χ3v) is 0.486. The average molecular weight is 102 g/mol. The molecular formula is C4H8NO2. The molecule has 0 spiro atoms. The summed E-state index contributed by atoms with van der Waals surface area (Å²) in [7, 11) is 1.31. The number of hydrogen-bond acceptors (Lipinski definition) is 3. The summed E-state index contributed by atoms with van der Waals surface area (Å²) in [5.41, 5.74) is 4.95. The van der Waals surface area contributed by atoms with Gasteiger partial charge in [0.2, 0.25) is 0 Å². The van der Waals surface area contributed by atoms with Crippen molar-refractivity contribution in [1.29, 1.82) is 0 Å². The lowest BCUT2D eigenvalue weighted by atomic mass is 10.4. The Bertz CT molecular complexity index is 62.7. The van der Waals surface area contributed by atoms with E-state index < -0.39 is 0 Å². The molecule has 0 aliphatic heterocycles. The molecule has 0 aliphatic rings. The Labute approximate surface area is 42.4 Å². The first-order valence-electron chi connectivity index (χ1n) is 1.92. The van der Waals surface area contributed by atoms with E-state index in [9.17, 15) is 4.79 Å². The smallest absolute Gasteiger partial charge is 0.310 e. The topological polar surface area (TPSA) is 52.3 Å². The molecule has 3 nitrogen and oxygen atoms in total. The van der Waals surface area contributed by atoms with Crippen molar-refractivity contribution in [1.82, 2.24) is 0 Å². The summed E-state index contributed by atoms with van der Waals surface area (Å²) >= 11 is 0. The molecule has 0 bridgehead atoms. The van der Waals surface area contributed by atoms with Gasteiger partial charge in [-0.15, -0.1) is 0 Å². The van der Waals surface area contributed by atoms with E-state index in [0.717, 1.165) is 0 Å². The minimum Gasteiger partial charge on any atom is -0.469 e. The number of esters is 1. The standard InChI is InChI=1S/C4H8NO2/c1-7-4(6)2-3-5/h2H,3,5H2,1H3. The number of nitrogens with two attached hydrogens (primary N) is 1. The molecule has 0 aromatic carbocycles. The zero-order chi connectivity index (χ0) is 5.70. The summed E-state index contributed by atoms with van der Waals surface area (Å²) < 4.78 is 4.22. The van der Waals surface area contributed by atoms with Gasteiger partial charge in [-0.25, -0.2) is 0 Å². The van der Waals surface area contributed by atoms with Gasteiger partial charge in [-0.1, -0.05) is 0 Å². The van der Waals surface area contributed by atoms with Crippen LogP contribution >= 0.6 is 0 Å². The van der Waals surface area contributed by atoms with Gasteiger partial charge in [0.15, 0.2) is 0 Å². The first-order chi connectivity index (χ1) is 3.31. The van der Waals surface area contributed by atoms with E-state index in [1.807, 2.05) is 0 Å². The van der Waals surface area contributed by atoms with Crippen molar-refractivity contribution in [2.75, 3.05) is 13.7 Å². The maximum absolute atomic E-state index is 10.1. The number of methoxy groups -OCH3 is 1. The Balaban J connectivity index is 3.00. The molecule has 0 saturated carbocycles. The number of carbonyl (C=O) groups excluding carboxylic acids is 1. The van der Waals surface area contributed by atoms with E-state index in [2.05, 4.69) is 4.74 Å². The van der Waals surface area contributed by atoms with Crippen LogP contribution in [0, 0.1) is 6.42 Å². The van der Waals surface area contributed by atoms with Crippen LogP contribution in [-0.2, 0) is 9.53 Å². The highest BCUT2D eigenvalue weighted by Gasteiger charge is 1.93. The van der Waals surface area contributed by atoms with Gasteiger partial charge in [-0.05, 0) is 0 Å². The fourth-order valence-electron chi connectivity index (χ4n) is 0.180. The van der Waals surface area contributed by atoms with Crippen LogP contribution in [0.2, 0.25) is 0 Å². The Hall–Kier alpha value is -0.570. The fourth-order valence-corrected chi connectivity index (χ4v) is 0.180. The lowest BCUT2D eigenvalue weighted by Crippen LogP contribution is -2.09. The molecule has 0 saturated heterocycles. The van der Waals surface area contributed by atoms with E-state index in [1.165, 1.54) is 13.5 Å². The van der Waals surface area contributed by atoms with Crippen molar-refractivity contribution >= 4 is 5.97 Å². The van der Waals surface area contributed by atoms with Crippen molar-refractivity contribution < 1.29 is 9.53 Å². The number of rotatable bonds is 2. The second kappa shape index (κ2) is 3.61. The quantitative estimate of drug-likeness (QED) is 0.470. The second-order valence-electron chi connectivity index (χ2n) is 0.963. The van der Waals surface area contributed by atoms with Crippen molar-refractivity contribution in [3.05, 3.63) is 6.42 Å². The molecule has 2 N–H and O–H groups in total. The predicted octanol–water partition coefficient (Wildman–Crippen LogP) is -0.678. The molecular weight excluding hydrogens is 94.0 g/mol. The zero-order valence-corrected chi connectivity index (χ0v) is 4.18. The van der Waals surface area contributed by atoms with Crippen molar-refractivity contribution in [2.24, 2.45) is 5.73 Å². The Kier molecular flexibility index (Phi) is 3.32. The summed E-state index contributed by atoms with van der Waals surface area (Å²) in [6.45, 7) is 0.243. The molecule has 0 amide bonds. The molecule has 0 unspecified atom stereocenters. The minimum absolute atomic E-state index is 0.243. The largest absolute Gasteiger partial charge is 0.469 e. The highest BCUT2D eigenvalue weighted by molar-refractivity contribution is 5.78. The van der Waals surface area contributed by atoms with E-state index in [4.69, 9.17) is 5.73 Å². The summed E-state index contributed by atoms with van der Waals surface area (Å²) in [5, 5.41) is 0. The van der Waals surface area contributed by atoms with Gasteiger partial charge in [-0.2, -0.15) is 0 Å². The monoisotopic (exact) mass is 102 g/mol. The molecule has 0 heterocycles. The summed E-state index contributed by atoms with van der Waals surface area (Å²) in [6.07, 6.45) is 1.26. The van der Waals surface area contributed by atoms with Crippen LogP contribution in [0.3, 0.4) is 0 Å². The van der Waals surface area contributed by atoms with Crippen LogP contribution in [0.5, 0.6) is 0 Å². The maximum atomic E-state index is 10.1. The summed E-state index contributed by atoms with van der Waals surface area (Å²) in [4.78, 5) is 10.1. The summed E-state index contributed by atoms with van der Waals surface area (Å²) in [6, 6.07) is 0. The van der Waals surface area contributed by atoms with Crippen molar-refractivity contribution in [3.8, 4) is 0 Å². The fraction of sp³-hybridized carbons (Fsp3) is 0.500. The van der Waals surface area contributed by atoms with Crippen LogP contribution in [0.1, 0.15) is 0 Å². The minimum atomic E-state index is -0.373. The molecule has 0 aromatic rings. The molecule has 7 heavy (non-hydrogen) atoms. The Morgan fingerprint density at radius 2 is 2.57 bits per heavy atom. The zero-order valence-electron chi connectivity index (χ0n) is 4.18. The molecule has 3 heteroatoms. The van der Waals surface area contributed by atoms with E-state index in [1.54, 1.807) is 0 Å². The van der Waals surface area contributed by atoms with Gasteiger partial charge in [0.25, 0.3) is 0 Å². The third kappa shape index (κ3) is 3.26. The first-order valence-corrected chi connectivity index (χ1v) is 1.92. The highest BCUT2D eigenvalue weighted by Crippen LogP contribution is 1.74. The van der Waals surface area contributed by atoms with Crippen LogP contribution < -0.4 is 5.73 Å². The molecule has 1 radical (unpaired) electrons. The van der Waals surface area contributed by atoms with Crippen LogP contribution in [0.15, 0.2) is 0 Å². The van der Waals surface area contributed by atoms with Crippen molar-refractivity contribution in [3.63, 3.8) is 0 Å². The predicted molar refractivity (Wildman–Crippen MR) is 25.4 cm³/mol. The molecule has 41 valence electrons. The van der Waals surface area contributed by atoms with E-state index in [0.29, 0.717) is 0 Å². The normalized spacial score (nSPS) is 8.29. The third-order valence-electron chi connectivity index (χ3n) is 0.486. The SMILES string of the molecule is COC(=O)[CH]CN. The van der Waals surface area contributed by atoms with Crippen LogP contribution in [0.4, 0.5) is 0 Å².